The number of hydrogen-bond acceptors (Lipinski definition) is 6. The molecule has 0 bridgehead atoms. The van der Waals surface area contributed by atoms with Crippen molar-refractivity contribution in [2.75, 3.05) is 18.0 Å². The van der Waals surface area contributed by atoms with Crippen LogP contribution in [0.4, 0.5) is 5.95 Å². The Labute approximate surface area is 164 Å². The summed E-state index contributed by atoms with van der Waals surface area (Å²) in [6.07, 6.45) is 5.27. The zero-order chi connectivity index (χ0) is 19.4. The Bertz CT molecular complexity index is 745. The van der Waals surface area contributed by atoms with Gasteiger partial charge < -0.3 is 14.6 Å². The van der Waals surface area contributed by atoms with Crippen molar-refractivity contribution >= 4 is 23.6 Å². The Morgan fingerprint density at radius 1 is 1.30 bits per heavy atom. The summed E-state index contributed by atoms with van der Waals surface area (Å²) in [6, 6.07) is 3.83. The first-order valence-electron chi connectivity index (χ1n) is 9.53. The first kappa shape index (κ1) is 19.8. The molecule has 1 aliphatic heterocycles. The van der Waals surface area contributed by atoms with Crippen LogP contribution in [-0.2, 0) is 11.3 Å². The van der Waals surface area contributed by atoms with E-state index in [4.69, 9.17) is 4.42 Å². The quantitative estimate of drug-likeness (QED) is 0.762. The number of thioether (sulfide) groups is 1. The molecule has 7 nitrogen and oxygen atoms in total. The lowest BCUT2D eigenvalue weighted by Gasteiger charge is -2.27. The van der Waals surface area contributed by atoms with Gasteiger partial charge in [-0.2, -0.15) is 0 Å². The second-order valence-electron chi connectivity index (χ2n) is 8.00. The second kappa shape index (κ2) is 8.37. The number of piperidine rings is 1. The van der Waals surface area contributed by atoms with Gasteiger partial charge in [0, 0.05) is 18.6 Å². The van der Waals surface area contributed by atoms with Crippen LogP contribution in [0.5, 0.6) is 0 Å². The van der Waals surface area contributed by atoms with Crippen LogP contribution in [0.25, 0.3) is 0 Å². The molecule has 3 rings (SSSR count). The average molecular weight is 392 g/mol. The van der Waals surface area contributed by atoms with E-state index >= 15 is 0 Å². The molecule has 8 heteroatoms. The van der Waals surface area contributed by atoms with E-state index in [1.807, 2.05) is 39.8 Å². The molecule has 2 aromatic rings. The molecule has 27 heavy (non-hydrogen) atoms. The van der Waals surface area contributed by atoms with E-state index < -0.39 is 0 Å². The van der Waals surface area contributed by atoms with Crippen LogP contribution in [0.2, 0.25) is 0 Å². The summed E-state index contributed by atoms with van der Waals surface area (Å²) in [5.41, 5.74) is -0.257. The topological polar surface area (TPSA) is 76.2 Å². The maximum Gasteiger partial charge on any atom is 0.233 e. The molecule has 2 aromatic heterocycles. The molecule has 0 aromatic carbocycles. The summed E-state index contributed by atoms with van der Waals surface area (Å²) < 4.78 is 7.60. The number of nitrogens with zero attached hydrogens (tertiary/aromatic N) is 4. The van der Waals surface area contributed by atoms with E-state index in [9.17, 15) is 4.79 Å². The lowest BCUT2D eigenvalue weighted by Crippen LogP contribution is -2.44. The first-order chi connectivity index (χ1) is 12.8. The molecule has 0 spiro atoms. The van der Waals surface area contributed by atoms with Crippen molar-refractivity contribution in [1.29, 1.82) is 0 Å². The van der Waals surface area contributed by atoms with E-state index in [0.717, 1.165) is 30.0 Å². The number of rotatable bonds is 6. The van der Waals surface area contributed by atoms with Gasteiger partial charge in [-0.15, -0.1) is 10.2 Å². The van der Waals surface area contributed by atoms with Crippen LogP contribution < -0.4 is 10.2 Å². The molecular formula is C19H29N5O2S. The highest BCUT2D eigenvalue weighted by molar-refractivity contribution is 8.00. The molecule has 1 amide bonds. The molecule has 0 radical (unpaired) electrons. The smallest absolute Gasteiger partial charge is 0.233 e. The highest BCUT2D eigenvalue weighted by atomic mass is 32.2. The van der Waals surface area contributed by atoms with Crippen LogP contribution in [0.15, 0.2) is 28.0 Å². The van der Waals surface area contributed by atoms with Crippen molar-refractivity contribution in [2.45, 2.75) is 69.4 Å². The van der Waals surface area contributed by atoms with Gasteiger partial charge in [-0.25, -0.2) is 0 Å². The number of furan rings is 1. The zero-order valence-corrected chi connectivity index (χ0v) is 17.4. The van der Waals surface area contributed by atoms with Gasteiger partial charge in [0.25, 0.3) is 0 Å². The predicted molar refractivity (Wildman–Crippen MR) is 107 cm³/mol. The van der Waals surface area contributed by atoms with Crippen LogP contribution in [-0.4, -0.2) is 44.6 Å². The van der Waals surface area contributed by atoms with E-state index in [1.54, 1.807) is 6.26 Å². The fourth-order valence-corrected chi connectivity index (χ4v) is 3.92. The number of anilines is 1. The number of carbonyl (C=O) groups is 1. The normalized spacial score (nSPS) is 16.4. The molecule has 3 heterocycles. The fraction of sp³-hybridized carbons (Fsp3) is 0.632. The third-order valence-electron chi connectivity index (χ3n) is 4.38. The summed E-state index contributed by atoms with van der Waals surface area (Å²) in [4.78, 5) is 14.8. The first-order valence-corrected chi connectivity index (χ1v) is 10.4. The van der Waals surface area contributed by atoms with E-state index in [-0.39, 0.29) is 16.7 Å². The molecular weight excluding hydrogens is 362 g/mol. The molecule has 0 saturated carbocycles. The van der Waals surface area contributed by atoms with Crippen molar-refractivity contribution in [2.24, 2.45) is 0 Å². The van der Waals surface area contributed by atoms with Gasteiger partial charge in [0.05, 0.1) is 18.1 Å². The third kappa shape index (κ3) is 5.28. The third-order valence-corrected chi connectivity index (χ3v) is 5.46. The SMILES string of the molecule is CC(Sc1nnc(N2CCCCC2)n1Cc1ccco1)C(=O)NC(C)(C)C. The Hall–Kier alpha value is -1.96. The molecule has 1 N–H and O–H groups in total. The van der Waals surface area contributed by atoms with Crippen LogP contribution in [0, 0.1) is 0 Å². The van der Waals surface area contributed by atoms with Crippen LogP contribution in [0.3, 0.4) is 0 Å². The molecule has 0 aliphatic carbocycles. The second-order valence-corrected chi connectivity index (χ2v) is 9.30. The lowest BCUT2D eigenvalue weighted by molar-refractivity contribution is -0.121. The summed E-state index contributed by atoms with van der Waals surface area (Å²) in [7, 11) is 0. The van der Waals surface area contributed by atoms with Crippen molar-refractivity contribution in [3.63, 3.8) is 0 Å². The maximum absolute atomic E-state index is 12.5. The van der Waals surface area contributed by atoms with Gasteiger partial charge in [-0.3, -0.25) is 9.36 Å². The molecule has 148 valence electrons. The van der Waals surface area contributed by atoms with Crippen LogP contribution >= 0.6 is 11.8 Å². The fourth-order valence-electron chi connectivity index (χ4n) is 3.08. The molecule has 1 atom stereocenters. The molecule has 1 saturated heterocycles. The van der Waals surface area contributed by atoms with E-state index in [0.29, 0.717) is 6.54 Å². The summed E-state index contributed by atoms with van der Waals surface area (Å²) in [6.45, 7) is 10.4. The molecule has 1 fully saturated rings. The number of nitrogens with one attached hydrogen (secondary N) is 1. The monoisotopic (exact) mass is 391 g/mol. The minimum absolute atomic E-state index is 0.000397. The van der Waals surface area contributed by atoms with Crippen molar-refractivity contribution in [3.05, 3.63) is 24.2 Å². The Balaban J connectivity index is 1.81. The van der Waals surface area contributed by atoms with Crippen molar-refractivity contribution in [1.82, 2.24) is 20.1 Å². The number of aromatic nitrogens is 3. The van der Waals surface area contributed by atoms with Gasteiger partial charge in [-0.05, 0) is 59.1 Å². The highest BCUT2D eigenvalue weighted by Gasteiger charge is 2.25. The highest BCUT2D eigenvalue weighted by Crippen LogP contribution is 2.28. The summed E-state index contributed by atoms with van der Waals surface area (Å²) >= 11 is 1.43. The number of amides is 1. The minimum atomic E-state index is -0.266. The summed E-state index contributed by atoms with van der Waals surface area (Å²) in [5.74, 6) is 1.71. The van der Waals surface area contributed by atoms with Gasteiger partial charge in [0.1, 0.15) is 5.76 Å². The number of carbonyl (C=O) groups excluding carboxylic acids is 1. The van der Waals surface area contributed by atoms with Gasteiger partial charge in [0.15, 0.2) is 5.16 Å². The minimum Gasteiger partial charge on any atom is -0.467 e. The van der Waals surface area contributed by atoms with Gasteiger partial charge in [-0.1, -0.05) is 11.8 Å². The van der Waals surface area contributed by atoms with E-state index in [2.05, 4.69) is 25.0 Å². The lowest BCUT2D eigenvalue weighted by atomic mass is 10.1. The maximum atomic E-state index is 12.5. The Kier molecular flexibility index (Phi) is 6.14. The largest absolute Gasteiger partial charge is 0.467 e. The van der Waals surface area contributed by atoms with Crippen molar-refractivity contribution < 1.29 is 9.21 Å². The average Bonchev–Trinajstić information content (AvgIpc) is 3.25. The Morgan fingerprint density at radius 3 is 2.67 bits per heavy atom. The van der Waals surface area contributed by atoms with Crippen molar-refractivity contribution in [3.8, 4) is 0 Å². The predicted octanol–water partition coefficient (Wildman–Crippen LogP) is 3.31. The van der Waals surface area contributed by atoms with Crippen LogP contribution in [0.1, 0.15) is 52.7 Å². The van der Waals surface area contributed by atoms with Gasteiger partial charge in [0.2, 0.25) is 11.9 Å². The number of hydrogen-bond donors (Lipinski definition) is 1. The molecule has 1 unspecified atom stereocenters. The molecule has 1 aliphatic rings. The van der Waals surface area contributed by atoms with Gasteiger partial charge >= 0.3 is 0 Å². The Morgan fingerprint density at radius 2 is 2.04 bits per heavy atom. The standard InChI is InChI=1S/C19H29N5O2S/c1-14(16(25)20-19(2,3)4)27-18-22-21-17(23-10-6-5-7-11-23)24(18)13-15-9-8-12-26-15/h8-9,12,14H,5-7,10-11,13H2,1-4H3,(H,20,25). The zero-order valence-electron chi connectivity index (χ0n) is 16.6. The summed E-state index contributed by atoms with van der Waals surface area (Å²) in [5, 5.41) is 12.4. The van der Waals surface area contributed by atoms with E-state index in [1.165, 1.54) is 31.0 Å².